The van der Waals surface area contributed by atoms with Gasteiger partial charge in [-0.25, -0.2) is 9.78 Å². The van der Waals surface area contributed by atoms with E-state index in [1.165, 1.54) is 0 Å². The number of nitrogens with zero attached hydrogens (tertiary/aromatic N) is 3. The summed E-state index contributed by atoms with van der Waals surface area (Å²) in [6.07, 6.45) is 3.26. The molecule has 1 aliphatic rings. The number of likely N-dealkylation sites (tertiary alicyclic amines) is 1. The number of nitriles is 1. The van der Waals surface area contributed by atoms with Crippen molar-refractivity contribution in [3.05, 3.63) is 23.9 Å². The number of amides is 2. The molecule has 20 heavy (non-hydrogen) atoms. The standard InChI is InChI=1S/C14H18N4O2/c1-2-16-14(19)18-7-3-4-12(10-18)20-13-8-11(9-15)5-6-17-13/h5-6,8,12H,2-4,7,10H2,1H3,(H,16,19). The van der Waals surface area contributed by atoms with Crippen LogP contribution in [0.25, 0.3) is 0 Å². The van der Waals surface area contributed by atoms with Gasteiger partial charge in [0.2, 0.25) is 5.88 Å². The monoisotopic (exact) mass is 274 g/mol. The molecule has 2 rings (SSSR count). The number of hydrogen-bond acceptors (Lipinski definition) is 4. The highest BCUT2D eigenvalue weighted by Crippen LogP contribution is 2.17. The number of carbonyl (C=O) groups excluding carboxylic acids is 1. The molecule has 1 atom stereocenters. The van der Waals surface area contributed by atoms with Crippen molar-refractivity contribution in [2.75, 3.05) is 19.6 Å². The highest BCUT2D eigenvalue weighted by Gasteiger charge is 2.24. The highest BCUT2D eigenvalue weighted by molar-refractivity contribution is 5.74. The largest absolute Gasteiger partial charge is 0.472 e. The van der Waals surface area contributed by atoms with Gasteiger partial charge in [0.25, 0.3) is 0 Å². The Balaban J connectivity index is 1.95. The SMILES string of the molecule is CCNC(=O)N1CCCC(Oc2cc(C#N)ccn2)C1. The van der Waals surface area contributed by atoms with Crippen molar-refractivity contribution in [2.24, 2.45) is 0 Å². The smallest absolute Gasteiger partial charge is 0.317 e. The fourth-order valence-electron chi connectivity index (χ4n) is 2.20. The zero-order valence-corrected chi connectivity index (χ0v) is 11.5. The summed E-state index contributed by atoms with van der Waals surface area (Å²) in [6.45, 7) is 3.81. The molecule has 6 heteroatoms. The van der Waals surface area contributed by atoms with Gasteiger partial charge in [0, 0.05) is 25.4 Å². The molecule has 1 aromatic heterocycles. The first kappa shape index (κ1) is 14.1. The summed E-state index contributed by atoms with van der Waals surface area (Å²) in [7, 11) is 0. The Kier molecular flexibility index (Phi) is 4.77. The molecule has 0 radical (unpaired) electrons. The van der Waals surface area contributed by atoms with Crippen molar-refractivity contribution >= 4 is 6.03 Å². The molecule has 1 aromatic rings. The number of rotatable bonds is 3. The average Bonchev–Trinajstić information content (AvgIpc) is 2.48. The molecule has 0 aromatic carbocycles. The highest BCUT2D eigenvalue weighted by atomic mass is 16.5. The van der Waals surface area contributed by atoms with Crippen molar-refractivity contribution in [2.45, 2.75) is 25.9 Å². The van der Waals surface area contributed by atoms with Gasteiger partial charge in [0.15, 0.2) is 0 Å². The Bertz CT molecular complexity index is 512. The third-order valence-corrected chi connectivity index (χ3v) is 3.14. The summed E-state index contributed by atoms with van der Waals surface area (Å²) in [4.78, 5) is 17.6. The zero-order chi connectivity index (χ0) is 14.4. The minimum Gasteiger partial charge on any atom is -0.472 e. The zero-order valence-electron chi connectivity index (χ0n) is 11.5. The Morgan fingerprint density at radius 1 is 1.70 bits per heavy atom. The van der Waals surface area contributed by atoms with Crippen LogP contribution in [0.2, 0.25) is 0 Å². The molecule has 0 spiro atoms. The Morgan fingerprint density at radius 2 is 2.55 bits per heavy atom. The predicted octanol–water partition coefficient (Wildman–Crippen LogP) is 1.53. The van der Waals surface area contributed by atoms with Gasteiger partial charge in [-0.3, -0.25) is 0 Å². The van der Waals surface area contributed by atoms with Gasteiger partial charge >= 0.3 is 6.03 Å². The van der Waals surface area contributed by atoms with Crippen LogP contribution in [0.15, 0.2) is 18.3 Å². The lowest BCUT2D eigenvalue weighted by Crippen LogP contribution is -2.48. The molecule has 106 valence electrons. The Morgan fingerprint density at radius 3 is 3.30 bits per heavy atom. The van der Waals surface area contributed by atoms with E-state index < -0.39 is 0 Å². The second-order valence-corrected chi connectivity index (χ2v) is 4.66. The van der Waals surface area contributed by atoms with E-state index in [9.17, 15) is 4.79 Å². The number of piperidine rings is 1. The first-order valence-corrected chi connectivity index (χ1v) is 6.78. The molecule has 1 saturated heterocycles. The van der Waals surface area contributed by atoms with Gasteiger partial charge < -0.3 is 15.0 Å². The minimum atomic E-state index is -0.0761. The van der Waals surface area contributed by atoms with E-state index >= 15 is 0 Å². The van der Waals surface area contributed by atoms with Crippen LogP contribution < -0.4 is 10.1 Å². The molecule has 1 N–H and O–H groups in total. The fourth-order valence-corrected chi connectivity index (χ4v) is 2.20. The molecule has 1 fully saturated rings. The van der Waals surface area contributed by atoms with Crippen LogP contribution >= 0.6 is 0 Å². The number of urea groups is 1. The van der Waals surface area contributed by atoms with Crippen LogP contribution in [0.5, 0.6) is 5.88 Å². The van der Waals surface area contributed by atoms with Crippen LogP contribution in [-0.4, -0.2) is 41.7 Å². The molecule has 6 nitrogen and oxygen atoms in total. The predicted molar refractivity (Wildman–Crippen MR) is 73.2 cm³/mol. The Hall–Kier alpha value is -2.29. The number of hydrogen-bond donors (Lipinski definition) is 1. The van der Waals surface area contributed by atoms with Gasteiger partial charge in [-0.15, -0.1) is 0 Å². The molecule has 2 amide bonds. The van der Waals surface area contributed by atoms with E-state index in [2.05, 4.69) is 16.4 Å². The lowest BCUT2D eigenvalue weighted by atomic mass is 10.1. The third kappa shape index (κ3) is 3.60. The molecule has 0 bridgehead atoms. The van der Waals surface area contributed by atoms with Crippen molar-refractivity contribution < 1.29 is 9.53 Å². The minimum absolute atomic E-state index is 0.0560. The quantitative estimate of drug-likeness (QED) is 0.906. The summed E-state index contributed by atoms with van der Waals surface area (Å²) in [6, 6.07) is 5.25. The number of aromatic nitrogens is 1. The van der Waals surface area contributed by atoms with Crippen LogP contribution in [0, 0.1) is 11.3 Å². The third-order valence-electron chi connectivity index (χ3n) is 3.14. The van der Waals surface area contributed by atoms with Crippen LogP contribution in [0.4, 0.5) is 4.79 Å². The van der Waals surface area contributed by atoms with Crippen molar-refractivity contribution in [1.29, 1.82) is 5.26 Å². The lowest BCUT2D eigenvalue weighted by molar-refractivity contribution is 0.0980. The number of carbonyl (C=O) groups is 1. The molecular formula is C14H18N4O2. The van der Waals surface area contributed by atoms with E-state index in [1.54, 1.807) is 23.2 Å². The second-order valence-electron chi connectivity index (χ2n) is 4.66. The van der Waals surface area contributed by atoms with Gasteiger partial charge in [-0.1, -0.05) is 0 Å². The summed E-state index contributed by atoms with van der Waals surface area (Å²) in [5.74, 6) is 0.437. The van der Waals surface area contributed by atoms with Gasteiger partial charge in [-0.2, -0.15) is 5.26 Å². The van der Waals surface area contributed by atoms with Crippen LogP contribution in [-0.2, 0) is 0 Å². The van der Waals surface area contributed by atoms with E-state index in [0.29, 0.717) is 24.5 Å². The second kappa shape index (κ2) is 6.75. The normalized spacial score (nSPS) is 18.2. The summed E-state index contributed by atoms with van der Waals surface area (Å²) >= 11 is 0. The molecule has 2 heterocycles. The Labute approximate surface area is 118 Å². The summed E-state index contributed by atoms with van der Waals surface area (Å²) in [5.41, 5.74) is 0.520. The lowest BCUT2D eigenvalue weighted by Gasteiger charge is -2.32. The van der Waals surface area contributed by atoms with E-state index in [-0.39, 0.29) is 12.1 Å². The van der Waals surface area contributed by atoms with Gasteiger partial charge in [0.05, 0.1) is 18.2 Å². The molecular weight excluding hydrogens is 256 g/mol. The maximum atomic E-state index is 11.8. The van der Waals surface area contributed by atoms with Crippen molar-refractivity contribution in [3.63, 3.8) is 0 Å². The fraction of sp³-hybridized carbons (Fsp3) is 0.500. The van der Waals surface area contributed by atoms with E-state index in [4.69, 9.17) is 10.00 Å². The van der Waals surface area contributed by atoms with Gasteiger partial charge in [0.1, 0.15) is 6.10 Å². The van der Waals surface area contributed by atoms with Crippen molar-refractivity contribution in [3.8, 4) is 11.9 Å². The number of ether oxygens (including phenoxy) is 1. The van der Waals surface area contributed by atoms with Crippen LogP contribution in [0.1, 0.15) is 25.3 Å². The molecule has 1 aliphatic heterocycles. The van der Waals surface area contributed by atoms with Crippen molar-refractivity contribution in [1.82, 2.24) is 15.2 Å². The summed E-state index contributed by atoms with van der Waals surface area (Å²) < 4.78 is 5.77. The van der Waals surface area contributed by atoms with E-state index in [0.717, 1.165) is 19.4 Å². The number of pyridine rings is 1. The average molecular weight is 274 g/mol. The molecule has 1 unspecified atom stereocenters. The van der Waals surface area contributed by atoms with Crippen LogP contribution in [0.3, 0.4) is 0 Å². The topological polar surface area (TPSA) is 78.3 Å². The summed E-state index contributed by atoms with van der Waals surface area (Å²) in [5, 5.41) is 11.6. The number of nitrogens with one attached hydrogen (secondary N) is 1. The maximum absolute atomic E-state index is 11.8. The molecule has 0 aliphatic carbocycles. The maximum Gasteiger partial charge on any atom is 0.317 e. The van der Waals surface area contributed by atoms with E-state index in [1.807, 2.05) is 6.92 Å². The first-order chi connectivity index (χ1) is 9.72. The van der Waals surface area contributed by atoms with Gasteiger partial charge in [-0.05, 0) is 25.8 Å². The molecule has 0 saturated carbocycles. The first-order valence-electron chi connectivity index (χ1n) is 6.78.